The van der Waals surface area contributed by atoms with Crippen LogP contribution < -0.4 is 15.0 Å². The SMILES string of the molecule is O=C(CSc1nnc(N2CCOCC2)n1C1CC1)NCCOc1ccccc1. The zero-order valence-corrected chi connectivity index (χ0v) is 16.6. The lowest BCUT2D eigenvalue weighted by Gasteiger charge is -2.27. The summed E-state index contributed by atoms with van der Waals surface area (Å²) in [6, 6.07) is 10.0. The van der Waals surface area contributed by atoms with Crippen molar-refractivity contribution in [1.29, 1.82) is 0 Å². The molecule has 1 N–H and O–H groups in total. The van der Waals surface area contributed by atoms with Gasteiger partial charge in [0.15, 0.2) is 5.16 Å². The molecule has 1 saturated carbocycles. The standard InChI is InChI=1S/C19H25N5O3S/c25-17(20-8-11-27-16-4-2-1-3-5-16)14-28-19-22-21-18(24(19)15-6-7-15)23-9-12-26-13-10-23/h1-5,15H,6-14H2,(H,20,25). The monoisotopic (exact) mass is 403 g/mol. The Hall–Kier alpha value is -2.26. The molecule has 2 aromatic rings. The molecule has 2 fully saturated rings. The van der Waals surface area contributed by atoms with Crippen LogP contribution in [0.2, 0.25) is 0 Å². The lowest BCUT2D eigenvalue weighted by Crippen LogP contribution is -2.38. The highest BCUT2D eigenvalue weighted by Gasteiger charge is 2.32. The Labute approximate surface area is 168 Å². The first-order chi connectivity index (χ1) is 13.8. The Kier molecular flexibility index (Phi) is 6.33. The largest absolute Gasteiger partial charge is 0.492 e. The second kappa shape index (κ2) is 9.29. The molecular weight excluding hydrogens is 378 g/mol. The Morgan fingerprint density at radius 2 is 2.00 bits per heavy atom. The molecule has 1 aromatic carbocycles. The summed E-state index contributed by atoms with van der Waals surface area (Å²) in [5.41, 5.74) is 0. The van der Waals surface area contributed by atoms with Crippen molar-refractivity contribution in [2.45, 2.75) is 24.0 Å². The molecule has 28 heavy (non-hydrogen) atoms. The number of carbonyl (C=O) groups excluding carboxylic acids is 1. The summed E-state index contributed by atoms with van der Waals surface area (Å²) in [6.07, 6.45) is 2.29. The number of amides is 1. The van der Waals surface area contributed by atoms with E-state index in [-0.39, 0.29) is 5.91 Å². The van der Waals surface area contributed by atoms with E-state index >= 15 is 0 Å². The van der Waals surface area contributed by atoms with Crippen molar-refractivity contribution in [3.8, 4) is 5.75 Å². The Balaban J connectivity index is 1.25. The van der Waals surface area contributed by atoms with Gasteiger partial charge < -0.3 is 19.7 Å². The van der Waals surface area contributed by atoms with Gasteiger partial charge in [0, 0.05) is 19.1 Å². The summed E-state index contributed by atoms with van der Waals surface area (Å²) >= 11 is 1.44. The average molecular weight is 404 g/mol. The molecule has 1 aliphatic heterocycles. The summed E-state index contributed by atoms with van der Waals surface area (Å²) < 4.78 is 13.2. The van der Waals surface area contributed by atoms with E-state index < -0.39 is 0 Å². The molecule has 1 saturated heterocycles. The molecule has 0 unspecified atom stereocenters. The molecule has 1 aromatic heterocycles. The molecular formula is C19H25N5O3S. The van der Waals surface area contributed by atoms with Crippen LogP contribution in [0.25, 0.3) is 0 Å². The molecule has 1 aliphatic carbocycles. The number of nitrogens with zero attached hydrogens (tertiary/aromatic N) is 4. The molecule has 4 rings (SSSR count). The maximum atomic E-state index is 12.2. The number of anilines is 1. The van der Waals surface area contributed by atoms with E-state index in [0.717, 1.165) is 42.8 Å². The van der Waals surface area contributed by atoms with Crippen molar-refractivity contribution in [3.63, 3.8) is 0 Å². The van der Waals surface area contributed by atoms with Gasteiger partial charge in [-0.25, -0.2) is 0 Å². The van der Waals surface area contributed by atoms with E-state index in [9.17, 15) is 4.79 Å². The van der Waals surface area contributed by atoms with Gasteiger partial charge in [0.25, 0.3) is 0 Å². The van der Waals surface area contributed by atoms with Crippen molar-refractivity contribution in [2.75, 3.05) is 50.1 Å². The number of rotatable bonds is 9. The number of aromatic nitrogens is 3. The van der Waals surface area contributed by atoms with Gasteiger partial charge >= 0.3 is 0 Å². The van der Waals surface area contributed by atoms with Crippen molar-refractivity contribution in [1.82, 2.24) is 20.1 Å². The fraction of sp³-hybridized carbons (Fsp3) is 0.526. The number of para-hydroxylation sites is 1. The molecule has 0 spiro atoms. The minimum atomic E-state index is -0.0278. The zero-order valence-electron chi connectivity index (χ0n) is 15.7. The molecule has 1 amide bonds. The smallest absolute Gasteiger partial charge is 0.230 e. The Morgan fingerprint density at radius 3 is 2.75 bits per heavy atom. The van der Waals surface area contributed by atoms with Gasteiger partial charge in [-0.2, -0.15) is 0 Å². The molecule has 2 aliphatic rings. The number of carbonyl (C=O) groups is 1. The van der Waals surface area contributed by atoms with E-state index in [2.05, 4.69) is 25.0 Å². The van der Waals surface area contributed by atoms with Crippen molar-refractivity contribution in [3.05, 3.63) is 30.3 Å². The van der Waals surface area contributed by atoms with Crippen LogP contribution in [-0.2, 0) is 9.53 Å². The highest BCUT2D eigenvalue weighted by atomic mass is 32.2. The quantitative estimate of drug-likeness (QED) is 0.504. The number of thioether (sulfide) groups is 1. The third-order valence-electron chi connectivity index (χ3n) is 4.62. The van der Waals surface area contributed by atoms with E-state index in [1.165, 1.54) is 11.8 Å². The van der Waals surface area contributed by atoms with Gasteiger partial charge in [-0.1, -0.05) is 30.0 Å². The third kappa shape index (κ3) is 4.96. The van der Waals surface area contributed by atoms with E-state index in [1.54, 1.807) is 0 Å². The maximum Gasteiger partial charge on any atom is 0.230 e. The minimum Gasteiger partial charge on any atom is -0.492 e. The van der Waals surface area contributed by atoms with Crippen LogP contribution in [0.3, 0.4) is 0 Å². The number of morpholine rings is 1. The van der Waals surface area contributed by atoms with Crippen LogP contribution in [-0.4, -0.2) is 65.9 Å². The number of hydrogen-bond acceptors (Lipinski definition) is 7. The topological polar surface area (TPSA) is 81.5 Å². The normalized spacial score (nSPS) is 16.8. The van der Waals surface area contributed by atoms with Crippen LogP contribution in [0.4, 0.5) is 5.95 Å². The van der Waals surface area contributed by atoms with E-state index in [4.69, 9.17) is 9.47 Å². The first-order valence-electron chi connectivity index (χ1n) is 9.66. The summed E-state index contributed by atoms with van der Waals surface area (Å²) in [5, 5.41) is 12.5. The van der Waals surface area contributed by atoms with E-state index in [0.29, 0.717) is 38.2 Å². The summed E-state index contributed by atoms with van der Waals surface area (Å²) in [6.45, 7) is 4.01. The molecule has 150 valence electrons. The minimum absolute atomic E-state index is 0.0278. The van der Waals surface area contributed by atoms with Gasteiger partial charge in [-0.05, 0) is 25.0 Å². The van der Waals surface area contributed by atoms with Crippen LogP contribution >= 0.6 is 11.8 Å². The molecule has 0 atom stereocenters. The molecule has 8 nitrogen and oxygen atoms in total. The van der Waals surface area contributed by atoms with Crippen LogP contribution in [0.5, 0.6) is 5.75 Å². The van der Waals surface area contributed by atoms with Crippen molar-refractivity contribution in [2.24, 2.45) is 0 Å². The third-order valence-corrected chi connectivity index (χ3v) is 5.56. The lowest BCUT2D eigenvalue weighted by molar-refractivity contribution is -0.118. The zero-order chi connectivity index (χ0) is 19.2. The van der Waals surface area contributed by atoms with Gasteiger partial charge in [0.1, 0.15) is 12.4 Å². The van der Waals surface area contributed by atoms with Gasteiger partial charge in [0.2, 0.25) is 11.9 Å². The second-order valence-electron chi connectivity index (χ2n) is 6.78. The molecule has 0 radical (unpaired) electrons. The Morgan fingerprint density at radius 1 is 1.21 bits per heavy atom. The first kappa shape index (κ1) is 19.1. The average Bonchev–Trinajstić information content (AvgIpc) is 3.50. The van der Waals surface area contributed by atoms with Crippen molar-refractivity contribution >= 4 is 23.6 Å². The first-order valence-corrected chi connectivity index (χ1v) is 10.6. The number of benzene rings is 1. The summed E-state index contributed by atoms with van der Waals surface area (Å²) in [7, 11) is 0. The predicted octanol–water partition coefficient (Wildman–Crippen LogP) is 1.74. The fourth-order valence-electron chi connectivity index (χ4n) is 3.06. The number of hydrogen-bond donors (Lipinski definition) is 1. The molecule has 9 heteroatoms. The van der Waals surface area contributed by atoms with Crippen LogP contribution in [0.1, 0.15) is 18.9 Å². The lowest BCUT2D eigenvalue weighted by atomic mass is 10.3. The Bertz CT molecular complexity index is 775. The summed E-state index contributed by atoms with van der Waals surface area (Å²) in [5.74, 6) is 2.00. The highest BCUT2D eigenvalue weighted by molar-refractivity contribution is 7.99. The van der Waals surface area contributed by atoms with Gasteiger partial charge in [-0.3, -0.25) is 9.36 Å². The van der Waals surface area contributed by atoms with Crippen LogP contribution in [0.15, 0.2) is 35.5 Å². The van der Waals surface area contributed by atoms with Gasteiger partial charge in [-0.15, -0.1) is 10.2 Å². The predicted molar refractivity (Wildman–Crippen MR) is 107 cm³/mol. The van der Waals surface area contributed by atoms with Crippen LogP contribution in [0, 0.1) is 0 Å². The number of ether oxygens (including phenoxy) is 2. The highest BCUT2D eigenvalue weighted by Crippen LogP contribution is 2.41. The molecule has 2 heterocycles. The van der Waals surface area contributed by atoms with Gasteiger partial charge in [0.05, 0.1) is 25.5 Å². The maximum absolute atomic E-state index is 12.2. The summed E-state index contributed by atoms with van der Waals surface area (Å²) in [4.78, 5) is 14.4. The van der Waals surface area contributed by atoms with Crippen molar-refractivity contribution < 1.29 is 14.3 Å². The second-order valence-corrected chi connectivity index (χ2v) is 7.73. The fourth-order valence-corrected chi connectivity index (χ4v) is 3.89. The van der Waals surface area contributed by atoms with E-state index in [1.807, 2.05) is 30.3 Å². The molecule has 0 bridgehead atoms. The number of nitrogens with one attached hydrogen (secondary N) is 1.